The van der Waals surface area contributed by atoms with Crippen molar-refractivity contribution in [3.8, 4) is 11.4 Å². The van der Waals surface area contributed by atoms with Crippen LogP contribution in [-0.4, -0.2) is 32.7 Å². The van der Waals surface area contributed by atoms with Gasteiger partial charge in [-0.15, -0.1) is 10.2 Å². The molecule has 3 rings (SSSR count). The van der Waals surface area contributed by atoms with E-state index in [0.717, 1.165) is 12.8 Å². The molecule has 1 aromatic carbocycles. The smallest absolute Gasteiger partial charge is 0.246 e. The summed E-state index contributed by atoms with van der Waals surface area (Å²) in [7, 11) is 0. The minimum atomic E-state index is -0.438. The van der Waals surface area contributed by atoms with Crippen molar-refractivity contribution in [1.29, 1.82) is 0 Å². The predicted molar refractivity (Wildman–Crippen MR) is 69.1 cm³/mol. The van der Waals surface area contributed by atoms with Gasteiger partial charge in [0, 0.05) is 12.1 Å². The summed E-state index contributed by atoms with van der Waals surface area (Å²) in [5, 5.41) is 14.9. The molecule has 0 spiro atoms. The molecular formula is C13H14FN5O. The lowest BCUT2D eigenvalue weighted by Gasteiger charge is -2.10. The van der Waals surface area contributed by atoms with Gasteiger partial charge in [0.25, 0.3) is 0 Å². The van der Waals surface area contributed by atoms with Crippen LogP contribution in [0.15, 0.2) is 24.3 Å². The average Bonchev–Trinajstić information content (AvgIpc) is 2.82. The largest absolute Gasteiger partial charge is 0.354 e. The van der Waals surface area contributed by atoms with Crippen LogP contribution in [0, 0.1) is 5.82 Å². The number of hydrogen-bond donors (Lipinski definition) is 1. The second-order valence-corrected chi connectivity index (χ2v) is 4.75. The van der Waals surface area contributed by atoms with Crippen LogP contribution >= 0.6 is 0 Å². The van der Waals surface area contributed by atoms with Gasteiger partial charge in [0.05, 0.1) is 0 Å². The van der Waals surface area contributed by atoms with Gasteiger partial charge in [0.2, 0.25) is 11.7 Å². The van der Waals surface area contributed by atoms with Gasteiger partial charge in [-0.3, -0.25) is 4.79 Å². The van der Waals surface area contributed by atoms with Crippen LogP contribution < -0.4 is 5.32 Å². The van der Waals surface area contributed by atoms with Gasteiger partial charge < -0.3 is 5.32 Å². The van der Waals surface area contributed by atoms with Crippen LogP contribution in [0.5, 0.6) is 0 Å². The molecule has 1 saturated heterocycles. The Morgan fingerprint density at radius 1 is 1.35 bits per heavy atom. The molecule has 6 nitrogen and oxygen atoms in total. The van der Waals surface area contributed by atoms with Gasteiger partial charge in [0.15, 0.2) is 6.04 Å². The summed E-state index contributed by atoms with van der Waals surface area (Å²) < 4.78 is 13.2. The van der Waals surface area contributed by atoms with Crippen LogP contribution in [-0.2, 0) is 4.79 Å². The number of nitrogens with one attached hydrogen (secondary N) is 1. The van der Waals surface area contributed by atoms with Gasteiger partial charge in [-0.1, -0.05) is 12.1 Å². The van der Waals surface area contributed by atoms with Crippen LogP contribution in [0.2, 0.25) is 0 Å². The molecule has 1 atom stereocenters. The van der Waals surface area contributed by atoms with E-state index in [1.54, 1.807) is 12.1 Å². The molecule has 20 heavy (non-hydrogen) atoms. The second kappa shape index (κ2) is 5.36. The maximum absolute atomic E-state index is 13.2. The first kappa shape index (κ1) is 12.7. The quantitative estimate of drug-likeness (QED) is 0.897. The third kappa shape index (κ3) is 2.52. The van der Waals surface area contributed by atoms with Gasteiger partial charge in [-0.05, 0) is 36.6 Å². The summed E-state index contributed by atoms with van der Waals surface area (Å²) >= 11 is 0. The van der Waals surface area contributed by atoms with E-state index in [9.17, 15) is 9.18 Å². The number of carbonyl (C=O) groups is 1. The van der Waals surface area contributed by atoms with E-state index < -0.39 is 6.04 Å². The monoisotopic (exact) mass is 275 g/mol. The van der Waals surface area contributed by atoms with Crippen molar-refractivity contribution in [3.63, 3.8) is 0 Å². The molecule has 104 valence electrons. The molecule has 2 heterocycles. The first-order chi connectivity index (χ1) is 9.74. The minimum Gasteiger partial charge on any atom is -0.354 e. The van der Waals surface area contributed by atoms with E-state index in [4.69, 9.17) is 0 Å². The highest BCUT2D eigenvalue weighted by Gasteiger charge is 2.25. The fourth-order valence-corrected chi connectivity index (χ4v) is 2.24. The maximum atomic E-state index is 13.2. The van der Waals surface area contributed by atoms with Gasteiger partial charge in [0.1, 0.15) is 5.82 Å². The Hall–Kier alpha value is -2.31. The summed E-state index contributed by atoms with van der Waals surface area (Å²) in [5.74, 6) is -0.127. The Kier molecular flexibility index (Phi) is 3.41. The molecule has 1 aliphatic heterocycles. The molecule has 0 unspecified atom stereocenters. The highest BCUT2D eigenvalue weighted by Crippen LogP contribution is 2.19. The molecule has 7 heteroatoms. The van der Waals surface area contributed by atoms with Crippen molar-refractivity contribution in [2.45, 2.75) is 25.3 Å². The van der Waals surface area contributed by atoms with Crippen molar-refractivity contribution < 1.29 is 9.18 Å². The standard InChI is InChI=1S/C13H14FN5O/c14-10-5-3-4-9(8-10)12-16-18-19(17-12)11-6-1-2-7-15-13(11)20/h3-5,8,11H,1-2,6-7H2,(H,15,20)/t11-/m0/s1. The van der Waals surface area contributed by atoms with Crippen molar-refractivity contribution in [3.05, 3.63) is 30.1 Å². The lowest BCUT2D eigenvalue weighted by Crippen LogP contribution is -2.32. The molecule has 1 fully saturated rings. The molecule has 1 N–H and O–H groups in total. The van der Waals surface area contributed by atoms with E-state index in [1.165, 1.54) is 16.9 Å². The SMILES string of the molecule is O=C1NCCCC[C@@H]1n1nnc(-c2cccc(F)c2)n1. The van der Waals surface area contributed by atoms with Gasteiger partial charge >= 0.3 is 0 Å². The molecule has 0 radical (unpaired) electrons. The highest BCUT2D eigenvalue weighted by atomic mass is 19.1. The molecule has 0 aliphatic carbocycles. The van der Waals surface area contributed by atoms with Crippen molar-refractivity contribution in [2.75, 3.05) is 6.54 Å². The fraction of sp³-hybridized carbons (Fsp3) is 0.385. The van der Waals surface area contributed by atoms with Crippen LogP contribution in [0.3, 0.4) is 0 Å². The van der Waals surface area contributed by atoms with Crippen LogP contribution in [0.4, 0.5) is 4.39 Å². The zero-order valence-corrected chi connectivity index (χ0v) is 10.8. The average molecular weight is 275 g/mol. The zero-order chi connectivity index (χ0) is 13.9. The number of benzene rings is 1. The number of nitrogens with zero attached hydrogens (tertiary/aromatic N) is 4. The first-order valence-corrected chi connectivity index (χ1v) is 6.57. The number of tetrazole rings is 1. The number of carbonyl (C=O) groups excluding carboxylic acids is 1. The maximum Gasteiger partial charge on any atom is 0.246 e. The van der Waals surface area contributed by atoms with E-state index in [1.807, 2.05) is 0 Å². The number of hydrogen-bond acceptors (Lipinski definition) is 4. The summed E-state index contributed by atoms with van der Waals surface area (Å²) in [4.78, 5) is 13.2. The number of rotatable bonds is 2. The zero-order valence-electron chi connectivity index (χ0n) is 10.8. The van der Waals surface area contributed by atoms with Gasteiger partial charge in [-0.25, -0.2) is 4.39 Å². The number of aromatic nitrogens is 4. The normalized spacial score (nSPS) is 19.4. The van der Waals surface area contributed by atoms with Crippen molar-refractivity contribution in [2.24, 2.45) is 0 Å². The molecule has 0 saturated carbocycles. The summed E-state index contributed by atoms with van der Waals surface area (Å²) in [5.41, 5.74) is 0.547. The summed E-state index contributed by atoms with van der Waals surface area (Å²) in [6, 6.07) is 5.55. The van der Waals surface area contributed by atoms with E-state index in [0.29, 0.717) is 24.4 Å². The topological polar surface area (TPSA) is 72.7 Å². The molecule has 1 aromatic heterocycles. The Morgan fingerprint density at radius 3 is 3.10 bits per heavy atom. The highest BCUT2D eigenvalue weighted by molar-refractivity contribution is 5.80. The van der Waals surface area contributed by atoms with E-state index in [2.05, 4.69) is 20.7 Å². The van der Waals surface area contributed by atoms with E-state index >= 15 is 0 Å². The third-order valence-corrected chi connectivity index (χ3v) is 3.30. The minimum absolute atomic E-state index is 0.0920. The lowest BCUT2D eigenvalue weighted by molar-refractivity contribution is -0.124. The molecule has 1 aliphatic rings. The molecule has 2 aromatic rings. The molecular weight excluding hydrogens is 261 g/mol. The van der Waals surface area contributed by atoms with Crippen molar-refractivity contribution >= 4 is 5.91 Å². The predicted octanol–water partition coefficient (Wildman–Crippen LogP) is 1.32. The Morgan fingerprint density at radius 2 is 2.25 bits per heavy atom. The third-order valence-electron chi connectivity index (χ3n) is 3.30. The molecule has 0 bridgehead atoms. The number of amides is 1. The second-order valence-electron chi connectivity index (χ2n) is 4.75. The van der Waals surface area contributed by atoms with Gasteiger partial charge in [-0.2, -0.15) is 4.80 Å². The Labute approximate surface area is 115 Å². The van der Waals surface area contributed by atoms with Crippen LogP contribution in [0.25, 0.3) is 11.4 Å². The summed E-state index contributed by atoms with van der Waals surface area (Å²) in [6.07, 6.45) is 2.57. The molecule has 1 amide bonds. The van der Waals surface area contributed by atoms with Crippen molar-refractivity contribution in [1.82, 2.24) is 25.5 Å². The van der Waals surface area contributed by atoms with Crippen LogP contribution in [0.1, 0.15) is 25.3 Å². The Bertz CT molecular complexity index is 627. The first-order valence-electron chi connectivity index (χ1n) is 6.57. The Balaban J connectivity index is 1.87. The number of halogens is 1. The van der Waals surface area contributed by atoms with E-state index in [-0.39, 0.29) is 11.7 Å². The lowest BCUT2D eigenvalue weighted by atomic mass is 10.1. The fourth-order valence-electron chi connectivity index (χ4n) is 2.24. The summed E-state index contributed by atoms with van der Waals surface area (Å²) in [6.45, 7) is 0.681.